The Labute approximate surface area is 128 Å². The van der Waals surface area contributed by atoms with Crippen LogP contribution in [0.1, 0.15) is 21.5 Å². The van der Waals surface area contributed by atoms with Gasteiger partial charge in [0.2, 0.25) is 0 Å². The molecule has 0 aliphatic carbocycles. The third-order valence-electron chi connectivity index (χ3n) is 2.81. The molecule has 5 heteroatoms. The maximum Gasteiger partial charge on any atom is 0.307 e. The number of hydrogen-bond donors (Lipinski definition) is 2. The Hall–Kier alpha value is -2.14. The van der Waals surface area contributed by atoms with Gasteiger partial charge in [-0.05, 0) is 35.9 Å². The zero-order chi connectivity index (χ0) is 17.0. The number of carbonyl (C=O) groups is 2. The highest BCUT2D eigenvalue weighted by Gasteiger charge is 2.15. The van der Waals surface area contributed by atoms with Crippen LogP contribution in [-0.2, 0) is 11.2 Å². The van der Waals surface area contributed by atoms with Gasteiger partial charge in [0.1, 0.15) is 0 Å². The minimum Gasteiger partial charge on any atom is -0.481 e. The number of nitrogen functional groups attached to an aromatic ring is 1. The molecule has 2 aromatic rings. The van der Waals surface area contributed by atoms with Gasteiger partial charge < -0.3 is 10.8 Å². The van der Waals surface area contributed by atoms with E-state index in [2.05, 4.69) is 21.0 Å². The van der Waals surface area contributed by atoms with E-state index in [0.29, 0.717) is 11.3 Å². The largest absolute Gasteiger partial charge is 0.481 e. The van der Waals surface area contributed by atoms with Crippen molar-refractivity contribution in [1.29, 1.82) is 1.43 Å². The van der Waals surface area contributed by atoms with Crippen molar-refractivity contribution in [2.24, 2.45) is 0 Å². The average molecular weight is 337 g/mol. The first-order chi connectivity index (χ1) is 10.9. The van der Waals surface area contributed by atoms with Gasteiger partial charge in [0.25, 0.3) is 1.43 Å². The summed E-state index contributed by atoms with van der Waals surface area (Å²) in [6, 6.07) is 11.2. The topological polar surface area (TPSA) is 80.4 Å². The van der Waals surface area contributed by atoms with Crippen molar-refractivity contribution in [2.45, 2.75) is 6.42 Å². The Balaban J connectivity index is 2.49. The van der Waals surface area contributed by atoms with Crippen LogP contribution >= 0.6 is 15.9 Å². The molecule has 2 rings (SSSR count). The van der Waals surface area contributed by atoms with Gasteiger partial charge in [0.05, 0.1) is 6.42 Å². The first kappa shape index (κ1) is 10.6. The summed E-state index contributed by atoms with van der Waals surface area (Å²) in [5.74, 6) is -1.19. The molecule has 0 bridgehead atoms. The summed E-state index contributed by atoms with van der Waals surface area (Å²) in [6.45, 7) is 0. The van der Waals surface area contributed by atoms with E-state index in [1.54, 1.807) is 30.3 Å². The van der Waals surface area contributed by atoms with Gasteiger partial charge in [0, 0.05) is 21.3 Å². The maximum atomic E-state index is 12.6. The number of aliphatic carboxylic acids is 1. The Morgan fingerprint density at radius 2 is 2.00 bits per heavy atom. The number of benzene rings is 2. The predicted molar refractivity (Wildman–Crippen MR) is 79.8 cm³/mol. The van der Waals surface area contributed by atoms with Gasteiger partial charge in [-0.15, -0.1) is 0 Å². The first-order valence-electron chi connectivity index (χ1n) is 7.10. The summed E-state index contributed by atoms with van der Waals surface area (Å²) in [5.41, 5.74) is 1.09. The van der Waals surface area contributed by atoms with Crippen molar-refractivity contribution in [1.82, 2.24) is 0 Å². The Morgan fingerprint density at radius 1 is 1.25 bits per heavy atom. The molecule has 0 heterocycles. The lowest BCUT2D eigenvalue weighted by atomic mass is 9.98. The molecule has 0 amide bonds. The van der Waals surface area contributed by atoms with E-state index in [0.717, 1.165) is 4.47 Å². The third-order valence-corrected chi connectivity index (χ3v) is 3.33. The van der Waals surface area contributed by atoms with Crippen molar-refractivity contribution in [3.63, 3.8) is 0 Å². The summed E-state index contributed by atoms with van der Waals surface area (Å²) in [7, 11) is 0. The molecular formula is C15H12BrNO3. The van der Waals surface area contributed by atoms with Crippen LogP contribution < -0.4 is 5.72 Å². The van der Waals surface area contributed by atoms with Crippen LogP contribution in [-0.4, -0.2) is 16.9 Å². The van der Waals surface area contributed by atoms with E-state index >= 15 is 0 Å². The van der Waals surface area contributed by atoms with Crippen molar-refractivity contribution in [3.05, 3.63) is 63.6 Å². The highest BCUT2D eigenvalue weighted by Crippen LogP contribution is 2.22. The van der Waals surface area contributed by atoms with E-state index < -0.39 is 5.97 Å². The first-order valence-corrected chi connectivity index (χ1v) is 6.59. The van der Waals surface area contributed by atoms with Gasteiger partial charge in [-0.1, -0.05) is 28.1 Å². The van der Waals surface area contributed by atoms with E-state index in [1.807, 2.05) is 0 Å². The molecule has 0 radical (unpaired) electrons. The minimum absolute atomic E-state index is 0.00850. The molecule has 0 saturated carbocycles. The van der Waals surface area contributed by atoms with E-state index in [4.69, 9.17) is 4.25 Å². The van der Waals surface area contributed by atoms with Crippen LogP contribution in [0.3, 0.4) is 0 Å². The number of carboxylic acid groups (broad SMARTS) is 1. The molecule has 0 aliphatic rings. The molecule has 3 N–H and O–H groups in total. The summed E-state index contributed by atoms with van der Waals surface area (Å²) >= 11 is 3.29. The number of anilines is 1. The highest BCUT2D eigenvalue weighted by molar-refractivity contribution is 9.10. The van der Waals surface area contributed by atoms with Crippen molar-refractivity contribution in [2.75, 3.05) is 5.72 Å². The van der Waals surface area contributed by atoms with E-state index in [9.17, 15) is 9.59 Å². The highest BCUT2D eigenvalue weighted by atomic mass is 79.9. The summed E-state index contributed by atoms with van der Waals surface area (Å²) < 4.78 is 22.5. The van der Waals surface area contributed by atoms with Crippen LogP contribution in [0.25, 0.3) is 1.43 Å². The third kappa shape index (κ3) is 3.05. The number of nitrogens with two attached hydrogens (primary N) is 1. The molecule has 0 aliphatic heterocycles. The number of para-hydroxylation sites is 1. The second-order valence-electron chi connectivity index (χ2n) is 4.20. The minimum atomic E-state index is -0.832. The number of carboxylic acids is 1. The Morgan fingerprint density at radius 3 is 2.65 bits per heavy atom. The van der Waals surface area contributed by atoms with E-state index in [-0.39, 0.29) is 29.0 Å². The normalized spacial score (nSPS) is 11.9. The smallest absolute Gasteiger partial charge is 0.307 e. The summed E-state index contributed by atoms with van der Waals surface area (Å²) in [6.07, 6.45) is -0.297. The summed E-state index contributed by atoms with van der Waals surface area (Å²) in [4.78, 5) is 23.9. The van der Waals surface area contributed by atoms with Gasteiger partial charge in [0.15, 0.2) is 8.61 Å². The number of ketones is 1. The number of carbonyl (C=O) groups excluding carboxylic acids is 1. The predicted octanol–water partition coefficient (Wildman–Crippen LogP) is 2.89. The molecule has 20 heavy (non-hydrogen) atoms. The molecule has 0 aromatic heterocycles. The fraction of sp³-hybridized carbons (Fsp3) is 0.0667. The van der Waals surface area contributed by atoms with Crippen molar-refractivity contribution >= 4 is 33.4 Å². The van der Waals surface area contributed by atoms with E-state index in [1.165, 1.54) is 12.1 Å². The molecule has 0 atom stereocenters. The molecule has 0 spiro atoms. The lowest BCUT2D eigenvalue weighted by Crippen LogP contribution is -2.10. The molecule has 0 fully saturated rings. The second kappa shape index (κ2) is 5.88. The zero-order valence-corrected chi connectivity index (χ0v) is 11.9. The number of rotatable bonds is 5. The molecular weight excluding hydrogens is 322 g/mol. The van der Waals surface area contributed by atoms with Gasteiger partial charge in [-0.3, -0.25) is 9.59 Å². The number of halogens is 1. The SMILES string of the molecule is [2H]OC(=O)Cc1cccc(C(=O)c2ccc(Br)cc2)c1N([2H])[2H]. The van der Waals surface area contributed by atoms with Crippen LogP contribution in [0.2, 0.25) is 2.82 Å². The van der Waals surface area contributed by atoms with Gasteiger partial charge >= 0.3 is 5.97 Å². The van der Waals surface area contributed by atoms with Crippen molar-refractivity contribution < 1.29 is 17.5 Å². The monoisotopic (exact) mass is 336 g/mol. The lowest BCUT2D eigenvalue weighted by molar-refractivity contribution is -0.136. The molecule has 0 saturated heterocycles. The molecule has 102 valence electrons. The molecule has 4 nitrogen and oxygen atoms in total. The lowest BCUT2D eigenvalue weighted by Gasteiger charge is -2.09. The van der Waals surface area contributed by atoms with Crippen molar-refractivity contribution in [3.8, 4) is 0 Å². The maximum absolute atomic E-state index is 12.6. The standard InChI is InChI=1S/C15H12BrNO3/c16-11-6-4-9(5-7-11)15(20)12-3-1-2-10(14(12)17)8-13(18)19/h1-7H,8,17H2,(H,18,19)/i/hD3. The Bertz CT molecular complexity index is 735. The van der Waals surface area contributed by atoms with Gasteiger partial charge in [-0.25, -0.2) is 0 Å². The number of hydrogen-bond acceptors (Lipinski definition) is 4. The second-order valence-corrected chi connectivity index (χ2v) is 5.11. The molecule has 0 unspecified atom stereocenters. The van der Waals surface area contributed by atoms with Crippen LogP contribution in [0.4, 0.5) is 5.69 Å². The zero-order valence-electron chi connectivity index (χ0n) is 13.3. The fourth-order valence-electron chi connectivity index (χ4n) is 1.83. The molecule has 2 aromatic carbocycles. The summed E-state index contributed by atoms with van der Waals surface area (Å²) in [5, 5.41) is 3.87. The fourth-order valence-corrected chi connectivity index (χ4v) is 2.09. The van der Waals surface area contributed by atoms with Crippen LogP contribution in [0.15, 0.2) is 46.9 Å². The average Bonchev–Trinajstić information content (AvgIpc) is 2.54. The van der Waals surface area contributed by atoms with Gasteiger partial charge in [-0.2, -0.15) is 0 Å². The van der Waals surface area contributed by atoms with Crippen LogP contribution in [0, 0.1) is 0 Å². The Kier molecular flexibility index (Phi) is 3.12. The van der Waals surface area contributed by atoms with Crippen LogP contribution in [0.5, 0.6) is 0 Å². The quantitative estimate of drug-likeness (QED) is 0.649.